The summed E-state index contributed by atoms with van der Waals surface area (Å²) in [6, 6.07) is 6.05. The van der Waals surface area contributed by atoms with Gasteiger partial charge in [0.25, 0.3) is 0 Å². The van der Waals surface area contributed by atoms with Gasteiger partial charge in [0.2, 0.25) is 5.91 Å². The van der Waals surface area contributed by atoms with E-state index in [1.807, 2.05) is 17.0 Å². The van der Waals surface area contributed by atoms with Crippen LogP contribution < -0.4 is 4.74 Å². The van der Waals surface area contributed by atoms with E-state index < -0.39 is 11.9 Å². The molecule has 0 radical (unpaired) electrons. The molecule has 2 aliphatic heterocycles. The smallest absolute Gasteiger partial charge is 0.308 e. The Hall–Kier alpha value is -2.08. The first kappa shape index (κ1) is 27.5. The molecule has 196 valence electrons. The first-order chi connectivity index (χ1) is 16.9. The molecule has 1 aromatic carbocycles. The van der Waals surface area contributed by atoms with Crippen molar-refractivity contribution in [2.75, 3.05) is 32.8 Å². The van der Waals surface area contributed by atoms with E-state index in [0.29, 0.717) is 25.6 Å². The van der Waals surface area contributed by atoms with Crippen molar-refractivity contribution in [2.24, 2.45) is 11.8 Å². The van der Waals surface area contributed by atoms with Crippen LogP contribution >= 0.6 is 0 Å². The molecule has 2 unspecified atom stereocenters. The molecule has 0 aliphatic carbocycles. The molecule has 6 nitrogen and oxygen atoms in total. The van der Waals surface area contributed by atoms with Crippen molar-refractivity contribution in [3.05, 3.63) is 29.3 Å². The lowest BCUT2D eigenvalue weighted by Gasteiger charge is -2.31. The first-order valence-corrected chi connectivity index (χ1v) is 13.9. The van der Waals surface area contributed by atoms with Gasteiger partial charge in [0, 0.05) is 38.0 Å². The number of hydrogen-bond acceptors (Lipinski definition) is 4. The molecular weight excluding hydrogens is 440 g/mol. The highest BCUT2D eigenvalue weighted by molar-refractivity contribution is 5.79. The van der Waals surface area contributed by atoms with Gasteiger partial charge in [-0.1, -0.05) is 65.5 Å². The number of unbranched alkanes of at least 4 members (excludes halogenated alkanes) is 2. The Bertz CT molecular complexity index is 834. The van der Waals surface area contributed by atoms with E-state index in [1.54, 1.807) is 0 Å². The molecule has 1 fully saturated rings. The molecule has 35 heavy (non-hydrogen) atoms. The lowest BCUT2D eigenvalue weighted by molar-refractivity contribution is -0.144. The molecule has 1 aromatic rings. The van der Waals surface area contributed by atoms with Crippen LogP contribution in [-0.2, 0) is 16.0 Å². The zero-order chi connectivity index (χ0) is 25.4. The fourth-order valence-corrected chi connectivity index (χ4v) is 5.92. The van der Waals surface area contributed by atoms with Gasteiger partial charge >= 0.3 is 5.97 Å². The van der Waals surface area contributed by atoms with E-state index in [0.717, 1.165) is 75.8 Å². The summed E-state index contributed by atoms with van der Waals surface area (Å²) in [5, 5.41) is 10.4. The van der Waals surface area contributed by atoms with Crippen molar-refractivity contribution in [3.8, 4) is 5.75 Å². The molecule has 1 N–H and O–H groups in total. The fourth-order valence-electron chi connectivity index (χ4n) is 5.92. The molecule has 3 rings (SSSR count). The Morgan fingerprint density at radius 3 is 2.49 bits per heavy atom. The predicted molar refractivity (Wildman–Crippen MR) is 140 cm³/mol. The van der Waals surface area contributed by atoms with Crippen molar-refractivity contribution in [1.82, 2.24) is 9.80 Å². The van der Waals surface area contributed by atoms with Crippen LogP contribution in [0.1, 0.15) is 89.7 Å². The maximum absolute atomic E-state index is 13.5. The zero-order valence-corrected chi connectivity index (χ0v) is 22.3. The highest BCUT2D eigenvalue weighted by Crippen LogP contribution is 2.42. The summed E-state index contributed by atoms with van der Waals surface area (Å²) in [6.45, 7) is 11.9. The van der Waals surface area contributed by atoms with Gasteiger partial charge < -0.3 is 14.7 Å². The topological polar surface area (TPSA) is 70.1 Å². The van der Waals surface area contributed by atoms with E-state index in [4.69, 9.17) is 4.74 Å². The highest BCUT2D eigenvalue weighted by atomic mass is 16.5. The summed E-state index contributed by atoms with van der Waals surface area (Å²) >= 11 is 0. The van der Waals surface area contributed by atoms with E-state index in [-0.39, 0.29) is 17.9 Å². The first-order valence-electron chi connectivity index (χ1n) is 13.9. The number of carbonyl (C=O) groups excluding carboxylic acids is 1. The van der Waals surface area contributed by atoms with E-state index >= 15 is 0 Å². The number of rotatable bonds is 14. The molecule has 4 atom stereocenters. The maximum atomic E-state index is 13.5. The van der Waals surface area contributed by atoms with Crippen molar-refractivity contribution in [1.29, 1.82) is 0 Å². The molecule has 0 aromatic heterocycles. The molecule has 1 saturated heterocycles. The predicted octanol–water partition coefficient (Wildman–Crippen LogP) is 5.35. The number of ether oxygens (including phenoxy) is 1. The highest BCUT2D eigenvalue weighted by Gasteiger charge is 2.47. The molecule has 0 spiro atoms. The summed E-state index contributed by atoms with van der Waals surface area (Å²) < 4.78 is 5.68. The van der Waals surface area contributed by atoms with Gasteiger partial charge in [-0.25, -0.2) is 0 Å². The van der Waals surface area contributed by atoms with Gasteiger partial charge in [-0.05, 0) is 42.4 Å². The monoisotopic (exact) mass is 486 g/mol. The summed E-state index contributed by atoms with van der Waals surface area (Å²) in [4.78, 5) is 30.3. The Morgan fingerprint density at radius 1 is 1.14 bits per heavy atom. The lowest BCUT2D eigenvalue weighted by Crippen LogP contribution is -2.45. The number of carboxylic acids is 1. The quantitative estimate of drug-likeness (QED) is 0.384. The van der Waals surface area contributed by atoms with Crippen LogP contribution in [0.2, 0.25) is 0 Å². The Kier molecular flexibility index (Phi) is 10.4. The van der Waals surface area contributed by atoms with Crippen LogP contribution in [0.25, 0.3) is 0 Å². The van der Waals surface area contributed by atoms with E-state index in [1.165, 1.54) is 5.56 Å². The Labute approximate surface area is 212 Å². The summed E-state index contributed by atoms with van der Waals surface area (Å²) in [5.74, 6) is 0.109. The summed E-state index contributed by atoms with van der Waals surface area (Å²) in [5.41, 5.74) is 2.24. The third kappa shape index (κ3) is 6.99. The van der Waals surface area contributed by atoms with Crippen LogP contribution in [0.3, 0.4) is 0 Å². The normalized spacial score (nSPS) is 22.6. The Morgan fingerprint density at radius 2 is 1.86 bits per heavy atom. The zero-order valence-electron chi connectivity index (χ0n) is 22.3. The number of hydrogen-bond donors (Lipinski definition) is 1. The standard InChI is InChI=1S/C29H46N2O4/c1-5-8-14-30(15-9-6-2)27(32)20-31-19-24(22-11-12-26-23(18-22)13-16-35-26)28(29(33)34)25(31)17-21(4)10-7-3/h11-12,18,21,24-25,28H,5-10,13-17,19-20H2,1-4H3,(H,33,34)/t21?,24-,25+,28?/m1/s1. The SMILES string of the molecule is CCCCN(CCCC)C(=O)CN1C[C@H](c2ccc3c(c2)CCO3)C(C(=O)O)[C@@H]1CC(C)CCC. The van der Waals surface area contributed by atoms with Gasteiger partial charge in [-0.15, -0.1) is 0 Å². The van der Waals surface area contributed by atoms with Crippen LogP contribution in [0.4, 0.5) is 0 Å². The number of amides is 1. The molecule has 2 aliphatic rings. The molecule has 0 saturated carbocycles. The van der Waals surface area contributed by atoms with Gasteiger partial charge in [0.05, 0.1) is 19.1 Å². The van der Waals surface area contributed by atoms with E-state index in [9.17, 15) is 14.7 Å². The number of likely N-dealkylation sites (tertiary alicyclic amines) is 1. The third-order valence-electron chi connectivity index (χ3n) is 7.85. The third-order valence-corrected chi connectivity index (χ3v) is 7.85. The summed E-state index contributed by atoms with van der Waals surface area (Å²) in [6.07, 6.45) is 7.96. The molecular formula is C29H46N2O4. The lowest BCUT2D eigenvalue weighted by atomic mass is 9.81. The van der Waals surface area contributed by atoms with Crippen LogP contribution in [0.5, 0.6) is 5.75 Å². The van der Waals surface area contributed by atoms with Crippen molar-refractivity contribution in [2.45, 2.75) is 91.0 Å². The fraction of sp³-hybridized carbons (Fsp3) is 0.724. The number of aliphatic carboxylic acids is 1. The van der Waals surface area contributed by atoms with Crippen molar-refractivity contribution in [3.63, 3.8) is 0 Å². The average molecular weight is 487 g/mol. The average Bonchev–Trinajstić information content (AvgIpc) is 3.43. The van der Waals surface area contributed by atoms with Crippen LogP contribution in [-0.4, -0.2) is 65.6 Å². The second-order valence-corrected chi connectivity index (χ2v) is 10.7. The largest absolute Gasteiger partial charge is 0.493 e. The molecule has 0 bridgehead atoms. The second-order valence-electron chi connectivity index (χ2n) is 10.7. The number of nitrogens with zero attached hydrogens (tertiary/aromatic N) is 2. The summed E-state index contributed by atoms with van der Waals surface area (Å²) in [7, 11) is 0. The maximum Gasteiger partial charge on any atom is 0.308 e. The molecule has 6 heteroatoms. The second kappa shape index (κ2) is 13.3. The van der Waals surface area contributed by atoms with Crippen molar-refractivity contribution >= 4 is 11.9 Å². The van der Waals surface area contributed by atoms with Gasteiger partial charge in [0.15, 0.2) is 0 Å². The Balaban J connectivity index is 1.86. The van der Waals surface area contributed by atoms with Gasteiger partial charge in [-0.3, -0.25) is 14.5 Å². The number of fused-ring (bicyclic) bond motifs is 1. The number of carboxylic acid groups (broad SMARTS) is 1. The van der Waals surface area contributed by atoms with Crippen molar-refractivity contribution < 1.29 is 19.4 Å². The minimum absolute atomic E-state index is 0.121. The molecule has 1 amide bonds. The van der Waals surface area contributed by atoms with Crippen LogP contribution in [0.15, 0.2) is 18.2 Å². The molecule has 2 heterocycles. The minimum atomic E-state index is -0.746. The van der Waals surface area contributed by atoms with Gasteiger partial charge in [-0.2, -0.15) is 0 Å². The van der Waals surface area contributed by atoms with E-state index in [2.05, 4.69) is 38.7 Å². The number of benzene rings is 1. The minimum Gasteiger partial charge on any atom is -0.493 e. The number of carbonyl (C=O) groups is 2. The van der Waals surface area contributed by atoms with Crippen LogP contribution in [0, 0.1) is 11.8 Å². The van der Waals surface area contributed by atoms with Gasteiger partial charge in [0.1, 0.15) is 5.75 Å².